The summed E-state index contributed by atoms with van der Waals surface area (Å²) in [5.74, 6) is 0.963. The number of benzene rings is 2. The first kappa shape index (κ1) is 34.5. The summed E-state index contributed by atoms with van der Waals surface area (Å²) in [4.78, 5) is 44.2. The lowest BCUT2D eigenvalue weighted by Crippen LogP contribution is -2.35. The molecule has 2 N–H and O–H groups in total. The van der Waals surface area contributed by atoms with E-state index >= 15 is 0 Å². The van der Waals surface area contributed by atoms with Crippen molar-refractivity contribution in [2.45, 2.75) is 64.1 Å². The van der Waals surface area contributed by atoms with Crippen molar-refractivity contribution < 1.29 is 19.1 Å². The maximum atomic E-state index is 11.5. The molecule has 2 aliphatic rings. The molecule has 4 aromatic rings. The molecule has 2 amide bonds. The van der Waals surface area contributed by atoms with Crippen molar-refractivity contribution in [3.8, 4) is 45.4 Å². The van der Waals surface area contributed by atoms with Gasteiger partial charge >= 0.3 is 0 Å². The minimum atomic E-state index is -0.0245. The molecule has 0 spiro atoms. The van der Waals surface area contributed by atoms with Gasteiger partial charge in [-0.3, -0.25) is 24.5 Å². The van der Waals surface area contributed by atoms with Crippen molar-refractivity contribution in [2.24, 2.45) is 0 Å². The summed E-state index contributed by atoms with van der Waals surface area (Å²) in [7, 11) is 3.16. The Morgan fingerprint density at radius 1 is 0.918 bits per heavy atom. The normalized spacial score (nSPS) is 17.6. The van der Waals surface area contributed by atoms with Gasteiger partial charge in [0, 0.05) is 67.3 Å². The lowest BCUT2D eigenvalue weighted by atomic mass is 9.98. The third kappa shape index (κ3) is 7.95. The van der Waals surface area contributed by atoms with E-state index in [1.54, 1.807) is 26.6 Å². The van der Waals surface area contributed by atoms with E-state index in [-0.39, 0.29) is 23.9 Å². The summed E-state index contributed by atoms with van der Waals surface area (Å²) in [6.07, 6.45) is 8.20. The average Bonchev–Trinajstić information content (AvgIpc) is 3.72. The van der Waals surface area contributed by atoms with Crippen LogP contribution in [0.25, 0.3) is 33.6 Å². The van der Waals surface area contributed by atoms with E-state index in [9.17, 15) is 9.59 Å². The van der Waals surface area contributed by atoms with Gasteiger partial charge in [-0.2, -0.15) is 0 Å². The molecule has 49 heavy (non-hydrogen) atoms. The molecular formula is C36H39Cl2N7O4. The van der Waals surface area contributed by atoms with E-state index in [4.69, 9.17) is 47.6 Å². The first-order chi connectivity index (χ1) is 23.7. The monoisotopic (exact) mass is 703 g/mol. The zero-order valence-electron chi connectivity index (χ0n) is 27.8. The molecule has 6 rings (SSSR count). The number of rotatable bonds is 12. The molecule has 0 saturated carbocycles. The molecule has 2 fully saturated rings. The molecule has 2 atom stereocenters. The molecular weight excluding hydrogens is 665 g/mol. The van der Waals surface area contributed by atoms with Crippen LogP contribution in [0.5, 0.6) is 11.8 Å². The number of aryl methyl sites for hydroxylation is 1. The molecule has 4 heterocycles. The number of hydrogen-bond donors (Lipinski definition) is 2. The smallest absolute Gasteiger partial charge is 0.237 e. The Morgan fingerprint density at radius 3 is 2.08 bits per heavy atom. The Morgan fingerprint density at radius 2 is 1.51 bits per heavy atom. The van der Waals surface area contributed by atoms with Gasteiger partial charge in [0.1, 0.15) is 11.4 Å². The van der Waals surface area contributed by atoms with E-state index in [2.05, 4.69) is 20.5 Å². The van der Waals surface area contributed by atoms with Crippen molar-refractivity contribution in [2.75, 3.05) is 27.3 Å². The fourth-order valence-electron chi connectivity index (χ4n) is 6.54. The van der Waals surface area contributed by atoms with Crippen molar-refractivity contribution in [3.05, 3.63) is 70.2 Å². The standard InChI is InChI=1S/C36H39Cl2N7O4/c1-21(46)41-23-15-16-45(19-23)20-31-36(49-3)44-30(18-40-31)27-11-6-9-25(34(27)38)24-8-5-10-26(33(24)37)29-17-39-28(35(43-29)48-2)12-4-7-22-13-14-32(47)42-22/h5-6,8-11,17-18,22-23H,4,7,12-16,19-20H2,1-3H3,(H,41,46)(H,42,47)/t22-,23+/m0/s1. The van der Waals surface area contributed by atoms with E-state index in [1.807, 2.05) is 36.4 Å². The minimum Gasteiger partial charge on any atom is -0.480 e. The van der Waals surface area contributed by atoms with Gasteiger partial charge in [0.25, 0.3) is 0 Å². The Labute approximate surface area is 295 Å². The third-order valence-corrected chi connectivity index (χ3v) is 9.77. The fourth-order valence-corrected chi connectivity index (χ4v) is 7.19. The van der Waals surface area contributed by atoms with Crippen LogP contribution in [-0.4, -0.2) is 76.0 Å². The van der Waals surface area contributed by atoms with Crippen LogP contribution in [-0.2, 0) is 22.6 Å². The molecule has 2 aromatic heterocycles. The summed E-state index contributed by atoms with van der Waals surface area (Å²) < 4.78 is 11.3. The van der Waals surface area contributed by atoms with Crippen LogP contribution in [0.15, 0.2) is 48.8 Å². The average molecular weight is 705 g/mol. The minimum absolute atomic E-state index is 0.0245. The number of nitrogens with one attached hydrogen (secondary N) is 2. The number of ether oxygens (including phenoxy) is 2. The van der Waals surface area contributed by atoms with E-state index < -0.39 is 0 Å². The second-order valence-electron chi connectivity index (χ2n) is 12.4. The van der Waals surface area contributed by atoms with Crippen molar-refractivity contribution in [1.29, 1.82) is 0 Å². The van der Waals surface area contributed by atoms with Crippen LogP contribution in [0.4, 0.5) is 0 Å². The van der Waals surface area contributed by atoms with E-state index in [1.165, 1.54) is 6.92 Å². The second-order valence-corrected chi connectivity index (χ2v) is 13.1. The van der Waals surface area contributed by atoms with Crippen LogP contribution in [0.1, 0.15) is 50.4 Å². The van der Waals surface area contributed by atoms with Crippen molar-refractivity contribution >= 4 is 35.0 Å². The van der Waals surface area contributed by atoms with Gasteiger partial charge in [-0.1, -0.05) is 59.6 Å². The van der Waals surface area contributed by atoms with Crippen LogP contribution >= 0.6 is 23.2 Å². The third-order valence-electron chi connectivity index (χ3n) is 8.95. The zero-order valence-corrected chi connectivity index (χ0v) is 29.3. The SMILES string of the molecule is COc1nc(-c2cccc(-c3cccc(-c4cnc(CN5CC[C@@H](NC(C)=O)C5)c(OC)n4)c3Cl)c2Cl)cnc1CCC[C@H]1CCC(=O)N1. The molecule has 2 aliphatic heterocycles. The quantitative estimate of drug-likeness (QED) is 0.185. The van der Waals surface area contributed by atoms with Gasteiger partial charge < -0.3 is 20.1 Å². The Hall–Kier alpha value is -4.32. The predicted molar refractivity (Wildman–Crippen MR) is 189 cm³/mol. The Kier molecular flexibility index (Phi) is 10.9. The lowest BCUT2D eigenvalue weighted by Gasteiger charge is -2.18. The van der Waals surface area contributed by atoms with Gasteiger partial charge in [0.15, 0.2) is 0 Å². The zero-order chi connectivity index (χ0) is 34.5. The molecule has 2 saturated heterocycles. The molecule has 0 aliphatic carbocycles. The van der Waals surface area contributed by atoms with Gasteiger partial charge in [0.05, 0.1) is 48.0 Å². The predicted octanol–water partition coefficient (Wildman–Crippen LogP) is 5.90. The number of halogens is 2. The highest BCUT2D eigenvalue weighted by atomic mass is 35.5. The Balaban J connectivity index is 1.21. The molecule has 256 valence electrons. The van der Waals surface area contributed by atoms with E-state index in [0.29, 0.717) is 69.4 Å². The maximum absolute atomic E-state index is 11.5. The number of likely N-dealkylation sites (tertiary alicyclic amines) is 1. The lowest BCUT2D eigenvalue weighted by molar-refractivity contribution is -0.120. The van der Waals surface area contributed by atoms with Crippen LogP contribution in [0.2, 0.25) is 10.0 Å². The number of nitrogens with zero attached hydrogens (tertiary/aromatic N) is 5. The number of amides is 2. The number of methoxy groups -OCH3 is 2. The van der Waals surface area contributed by atoms with Gasteiger partial charge in [0.2, 0.25) is 23.6 Å². The first-order valence-corrected chi connectivity index (χ1v) is 17.2. The van der Waals surface area contributed by atoms with Gasteiger partial charge in [-0.15, -0.1) is 0 Å². The summed E-state index contributed by atoms with van der Waals surface area (Å²) >= 11 is 14.1. The highest BCUT2D eigenvalue weighted by Crippen LogP contribution is 2.42. The van der Waals surface area contributed by atoms with Gasteiger partial charge in [-0.05, 0) is 32.1 Å². The number of aromatic nitrogens is 4. The van der Waals surface area contributed by atoms with E-state index in [0.717, 1.165) is 55.6 Å². The van der Waals surface area contributed by atoms with Gasteiger partial charge in [-0.25, -0.2) is 9.97 Å². The summed E-state index contributed by atoms with van der Waals surface area (Å²) in [6, 6.07) is 11.8. The molecule has 0 bridgehead atoms. The first-order valence-electron chi connectivity index (χ1n) is 16.4. The number of carbonyl (C=O) groups is 2. The fraction of sp³-hybridized carbons (Fsp3) is 0.389. The second kappa shape index (κ2) is 15.5. The maximum Gasteiger partial charge on any atom is 0.237 e. The number of hydrogen-bond acceptors (Lipinski definition) is 9. The summed E-state index contributed by atoms with van der Waals surface area (Å²) in [6.45, 7) is 3.67. The van der Waals surface area contributed by atoms with Crippen LogP contribution < -0.4 is 20.1 Å². The van der Waals surface area contributed by atoms with Crippen LogP contribution in [0.3, 0.4) is 0 Å². The molecule has 0 radical (unpaired) electrons. The largest absolute Gasteiger partial charge is 0.480 e. The highest BCUT2D eigenvalue weighted by Gasteiger charge is 2.26. The van der Waals surface area contributed by atoms with Crippen molar-refractivity contribution in [1.82, 2.24) is 35.5 Å². The molecule has 0 unspecified atom stereocenters. The van der Waals surface area contributed by atoms with Crippen LogP contribution in [0, 0.1) is 0 Å². The molecule has 13 heteroatoms. The topological polar surface area (TPSA) is 131 Å². The summed E-state index contributed by atoms with van der Waals surface area (Å²) in [5, 5.41) is 6.95. The highest BCUT2D eigenvalue weighted by molar-refractivity contribution is 6.39. The molecule has 2 aromatic carbocycles. The van der Waals surface area contributed by atoms with Crippen molar-refractivity contribution in [3.63, 3.8) is 0 Å². The number of carbonyl (C=O) groups excluding carboxylic acids is 2. The Bertz CT molecular complexity index is 1860. The molecule has 11 nitrogen and oxygen atoms in total. The summed E-state index contributed by atoms with van der Waals surface area (Å²) in [5.41, 5.74) is 5.46.